The number of carbonyl (C=O) groups is 1. The largest absolute Gasteiger partial charge is 0.492 e. The van der Waals surface area contributed by atoms with Crippen molar-refractivity contribution in [3.63, 3.8) is 0 Å². The van der Waals surface area contributed by atoms with Gasteiger partial charge in [0.05, 0.1) is 6.54 Å². The van der Waals surface area contributed by atoms with E-state index in [1.807, 2.05) is 30.3 Å². The summed E-state index contributed by atoms with van der Waals surface area (Å²) in [6.45, 7) is 2.60. The van der Waals surface area contributed by atoms with E-state index in [0.717, 1.165) is 11.3 Å². The van der Waals surface area contributed by atoms with E-state index < -0.39 is 0 Å². The standard InChI is InChI=1S/C18H17N3O3/c1-13-20-18(24-21-13)15-9-7-14(8-10-15)17(22)19-11-12-23-16-5-3-2-4-6-16/h2-10H,11-12H2,1H3,(H,19,22). The van der Waals surface area contributed by atoms with E-state index >= 15 is 0 Å². The smallest absolute Gasteiger partial charge is 0.257 e. The summed E-state index contributed by atoms with van der Waals surface area (Å²) in [5.74, 6) is 1.65. The summed E-state index contributed by atoms with van der Waals surface area (Å²) in [5, 5.41) is 6.56. The first-order valence-corrected chi connectivity index (χ1v) is 7.59. The summed E-state index contributed by atoms with van der Waals surface area (Å²) in [4.78, 5) is 16.2. The Balaban J connectivity index is 1.50. The van der Waals surface area contributed by atoms with E-state index in [9.17, 15) is 4.79 Å². The molecule has 0 saturated heterocycles. The quantitative estimate of drug-likeness (QED) is 0.706. The molecule has 1 N–H and O–H groups in total. The Labute approximate surface area is 139 Å². The molecule has 0 fully saturated rings. The second kappa shape index (κ2) is 7.41. The van der Waals surface area contributed by atoms with Gasteiger partial charge in [-0.15, -0.1) is 0 Å². The van der Waals surface area contributed by atoms with Crippen LogP contribution in [0.3, 0.4) is 0 Å². The molecule has 2 aromatic carbocycles. The number of nitrogens with one attached hydrogen (secondary N) is 1. The maximum Gasteiger partial charge on any atom is 0.257 e. The van der Waals surface area contributed by atoms with E-state index in [4.69, 9.17) is 9.26 Å². The SMILES string of the molecule is Cc1noc(-c2ccc(C(=O)NCCOc3ccccc3)cc2)n1. The molecule has 6 heteroatoms. The first-order chi connectivity index (χ1) is 11.7. The van der Waals surface area contributed by atoms with Gasteiger partial charge in [0.2, 0.25) is 0 Å². The van der Waals surface area contributed by atoms with Crippen LogP contribution >= 0.6 is 0 Å². The minimum absolute atomic E-state index is 0.153. The lowest BCUT2D eigenvalue weighted by Crippen LogP contribution is -2.28. The summed E-state index contributed by atoms with van der Waals surface area (Å²) in [6, 6.07) is 16.5. The van der Waals surface area contributed by atoms with Gasteiger partial charge >= 0.3 is 0 Å². The molecule has 1 amide bonds. The number of hydrogen-bond acceptors (Lipinski definition) is 5. The second-order valence-corrected chi connectivity index (χ2v) is 5.14. The van der Waals surface area contributed by atoms with Crippen molar-refractivity contribution in [1.82, 2.24) is 15.5 Å². The van der Waals surface area contributed by atoms with Crippen LogP contribution < -0.4 is 10.1 Å². The first kappa shape index (κ1) is 15.7. The van der Waals surface area contributed by atoms with Crippen LogP contribution in [0.1, 0.15) is 16.2 Å². The van der Waals surface area contributed by atoms with Crippen LogP contribution in [0.2, 0.25) is 0 Å². The number of nitrogens with zero attached hydrogens (tertiary/aromatic N) is 2. The summed E-state index contributed by atoms with van der Waals surface area (Å²) in [6.07, 6.45) is 0. The van der Waals surface area contributed by atoms with Crippen molar-refractivity contribution >= 4 is 5.91 Å². The third-order valence-electron chi connectivity index (χ3n) is 3.32. The van der Waals surface area contributed by atoms with E-state index in [1.54, 1.807) is 31.2 Å². The van der Waals surface area contributed by atoms with Crippen molar-refractivity contribution in [2.75, 3.05) is 13.2 Å². The molecule has 0 aliphatic carbocycles. The molecule has 24 heavy (non-hydrogen) atoms. The fourth-order valence-corrected chi connectivity index (χ4v) is 2.13. The molecule has 3 rings (SSSR count). The predicted molar refractivity (Wildman–Crippen MR) is 88.7 cm³/mol. The highest BCUT2D eigenvalue weighted by molar-refractivity contribution is 5.94. The van der Waals surface area contributed by atoms with Crippen LogP contribution in [0.25, 0.3) is 11.5 Å². The molecule has 0 radical (unpaired) electrons. The normalized spacial score (nSPS) is 10.4. The first-order valence-electron chi connectivity index (χ1n) is 7.59. The number of ether oxygens (including phenoxy) is 1. The van der Waals surface area contributed by atoms with Gasteiger partial charge < -0.3 is 14.6 Å². The number of carbonyl (C=O) groups excluding carboxylic acids is 1. The Morgan fingerprint density at radius 1 is 1.12 bits per heavy atom. The number of aryl methyl sites for hydroxylation is 1. The highest BCUT2D eigenvalue weighted by atomic mass is 16.5. The van der Waals surface area contributed by atoms with E-state index in [1.165, 1.54) is 0 Å². The third-order valence-corrected chi connectivity index (χ3v) is 3.32. The van der Waals surface area contributed by atoms with E-state index in [2.05, 4.69) is 15.5 Å². The van der Waals surface area contributed by atoms with Crippen LogP contribution in [-0.2, 0) is 0 Å². The maximum absolute atomic E-state index is 12.1. The lowest BCUT2D eigenvalue weighted by molar-refractivity contribution is 0.0947. The number of rotatable bonds is 6. The number of benzene rings is 2. The maximum atomic E-state index is 12.1. The lowest BCUT2D eigenvalue weighted by atomic mass is 10.1. The highest BCUT2D eigenvalue weighted by Gasteiger charge is 2.09. The molecule has 6 nitrogen and oxygen atoms in total. The molecule has 1 heterocycles. The van der Waals surface area contributed by atoms with Crippen molar-refractivity contribution in [2.45, 2.75) is 6.92 Å². The van der Waals surface area contributed by atoms with Crippen LogP contribution in [0.4, 0.5) is 0 Å². The Morgan fingerprint density at radius 2 is 1.88 bits per heavy atom. The van der Waals surface area contributed by atoms with Gasteiger partial charge in [0.1, 0.15) is 12.4 Å². The Morgan fingerprint density at radius 3 is 2.54 bits per heavy atom. The van der Waals surface area contributed by atoms with Gasteiger partial charge in [0.25, 0.3) is 11.8 Å². The fourth-order valence-electron chi connectivity index (χ4n) is 2.13. The van der Waals surface area contributed by atoms with Crippen molar-refractivity contribution in [3.05, 3.63) is 66.0 Å². The van der Waals surface area contributed by atoms with E-state index in [-0.39, 0.29) is 5.91 Å². The average molecular weight is 323 g/mol. The molecule has 122 valence electrons. The molecular weight excluding hydrogens is 306 g/mol. The number of amides is 1. The second-order valence-electron chi connectivity index (χ2n) is 5.14. The van der Waals surface area contributed by atoms with Gasteiger partial charge in [0.15, 0.2) is 5.82 Å². The zero-order valence-corrected chi connectivity index (χ0v) is 13.2. The van der Waals surface area contributed by atoms with Gasteiger partial charge in [-0.3, -0.25) is 4.79 Å². The molecule has 0 aliphatic heterocycles. The molecular formula is C18H17N3O3. The number of aromatic nitrogens is 2. The predicted octanol–water partition coefficient (Wildman–Crippen LogP) is 2.85. The van der Waals surface area contributed by atoms with Crippen LogP contribution in [0.5, 0.6) is 5.75 Å². The monoisotopic (exact) mass is 323 g/mol. The van der Waals surface area contributed by atoms with Gasteiger partial charge in [-0.05, 0) is 43.3 Å². The third kappa shape index (κ3) is 3.98. The average Bonchev–Trinajstić information content (AvgIpc) is 3.06. The Kier molecular flexibility index (Phi) is 4.86. The minimum atomic E-state index is -0.153. The summed E-state index contributed by atoms with van der Waals surface area (Å²) in [5.41, 5.74) is 1.34. The topological polar surface area (TPSA) is 77.2 Å². The van der Waals surface area contributed by atoms with Gasteiger partial charge in [-0.1, -0.05) is 23.4 Å². The molecule has 0 unspecified atom stereocenters. The molecule has 0 saturated carbocycles. The van der Waals surface area contributed by atoms with Gasteiger partial charge in [0, 0.05) is 11.1 Å². The molecule has 0 bridgehead atoms. The Bertz CT molecular complexity index is 798. The zero-order chi connectivity index (χ0) is 16.8. The van der Waals surface area contributed by atoms with Crippen LogP contribution in [-0.4, -0.2) is 29.2 Å². The van der Waals surface area contributed by atoms with Crippen molar-refractivity contribution in [1.29, 1.82) is 0 Å². The lowest BCUT2D eigenvalue weighted by Gasteiger charge is -2.07. The fraction of sp³-hybridized carbons (Fsp3) is 0.167. The summed E-state index contributed by atoms with van der Waals surface area (Å²) >= 11 is 0. The number of hydrogen-bond donors (Lipinski definition) is 1. The summed E-state index contributed by atoms with van der Waals surface area (Å²) in [7, 11) is 0. The molecule has 1 aromatic heterocycles. The molecule has 3 aromatic rings. The highest BCUT2D eigenvalue weighted by Crippen LogP contribution is 2.17. The molecule has 0 spiro atoms. The van der Waals surface area contributed by atoms with Crippen LogP contribution in [0.15, 0.2) is 59.1 Å². The van der Waals surface area contributed by atoms with Crippen molar-refractivity contribution in [3.8, 4) is 17.2 Å². The molecule has 0 atom stereocenters. The van der Waals surface area contributed by atoms with Crippen molar-refractivity contribution < 1.29 is 14.1 Å². The minimum Gasteiger partial charge on any atom is -0.492 e. The van der Waals surface area contributed by atoms with E-state index in [0.29, 0.717) is 30.4 Å². The number of para-hydroxylation sites is 1. The Hall–Kier alpha value is -3.15. The van der Waals surface area contributed by atoms with Crippen LogP contribution in [0, 0.1) is 6.92 Å². The summed E-state index contributed by atoms with van der Waals surface area (Å²) < 4.78 is 10.6. The van der Waals surface area contributed by atoms with Gasteiger partial charge in [-0.25, -0.2) is 0 Å². The van der Waals surface area contributed by atoms with Crippen molar-refractivity contribution in [2.24, 2.45) is 0 Å². The van der Waals surface area contributed by atoms with Gasteiger partial charge in [-0.2, -0.15) is 4.98 Å². The zero-order valence-electron chi connectivity index (χ0n) is 13.2. The molecule has 0 aliphatic rings.